The summed E-state index contributed by atoms with van der Waals surface area (Å²) >= 11 is 0. The molecule has 1 aromatic carbocycles. The molecule has 1 heterocycles. The molecule has 5 nitrogen and oxygen atoms in total. The van der Waals surface area contributed by atoms with Crippen LogP contribution in [-0.2, 0) is 0 Å². The van der Waals surface area contributed by atoms with Gasteiger partial charge in [0.15, 0.2) is 0 Å². The van der Waals surface area contributed by atoms with Crippen molar-refractivity contribution in [1.29, 1.82) is 0 Å². The molecule has 0 radical (unpaired) electrons. The number of hydrogen-bond donors (Lipinski definition) is 3. The average molecular weight is 239 g/mol. The lowest BCUT2D eigenvalue weighted by Gasteiger charge is -2.36. The number of aromatic carboxylic acids is 1. The van der Waals surface area contributed by atoms with Crippen LogP contribution in [0.1, 0.15) is 28.3 Å². The van der Waals surface area contributed by atoms with Gasteiger partial charge in [-0.25, -0.2) is 9.18 Å². The first-order valence-corrected chi connectivity index (χ1v) is 5.26. The molecule has 0 spiro atoms. The van der Waals surface area contributed by atoms with Crippen molar-refractivity contribution >= 4 is 12.7 Å². The van der Waals surface area contributed by atoms with Crippen molar-refractivity contribution in [3.8, 4) is 5.75 Å². The average Bonchev–Trinajstić information content (AvgIpc) is 2.96. The maximum absolute atomic E-state index is 13.4. The standard InChI is InChI=1S/C10H9BFO5/c12-7-2-1-4-5-3-6(5)11(15,16)17-9(4)8(7)10(13)14/h1-2,5-6,15-16H,3H2,(H,13,14)/q-1/t5-,6-/m0/s1. The van der Waals surface area contributed by atoms with Crippen LogP contribution < -0.4 is 4.65 Å². The minimum Gasteiger partial charge on any atom is -0.669 e. The van der Waals surface area contributed by atoms with E-state index >= 15 is 0 Å². The number of hydrogen-bond acceptors (Lipinski definition) is 4. The predicted molar refractivity (Wildman–Crippen MR) is 55.3 cm³/mol. The minimum atomic E-state index is -3.08. The van der Waals surface area contributed by atoms with Gasteiger partial charge in [0, 0.05) is 0 Å². The van der Waals surface area contributed by atoms with Crippen LogP contribution in [0.5, 0.6) is 5.75 Å². The van der Waals surface area contributed by atoms with Crippen LogP contribution in [0.4, 0.5) is 4.39 Å². The summed E-state index contributed by atoms with van der Waals surface area (Å²) in [5.74, 6) is -3.23. The molecule has 7 heteroatoms. The van der Waals surface area contributed by atoms with Crippen molar-refractivity contribution in [2.24, 2.45) is 0 Å². The Morgan fingerprint density at radius 1 is 1.47 bits per heavy atom. The highest BCUT2D eigenvalue weighted by Gasteiger charge is 2.55. The quantitative estimate of drug-likeness (QED) is 0.627. The van der Waals surface area contributed by atoms with Crippen LogP contribution in [0, 0.1) is 5.82 Å². The largest absolute Gasteiger partial charge is 0.669 e. The molecule has 17 heavy (non-hydrogen) atoms. The summed E-state index contributed by atoms with van der Waals surface area (Å²) in [6.07, 6.45) is 0.519. The minimum absolute atomic E-state index is 0.146. The highest BCUT2D eigenvalue weighted by molar-refractivity contribution is 6.62. The van der Waals surface area contributed by atoms with E-state index < -0.39 is 29.9 Å². The van der Waals surface area contributed by atoms with Crippen LogP contribution in [0.3, 0.4) is 0 Å². The summed E-state index contributed by atoms with van der Waals surface area (Å²) in [4.78, 5) is 10.9. The monoisotopic (exact) mass is 239 g/mol. The Balaban J connectivity index is 2.21. The van der Waals surface area contributed by atoms with E-state index in [1.807, 2.05) is 0 Å². The zero-order valence-corrected chi connectivity index (χ0v) is 8.63. The van der Waals surface area contributed by atoms with Crippen LogP contribution in [-0.4, -0.2) is 27.9 Å². The molecule has 1 aliphatic carbocycles. The smallest absolute Gasteiger partial charge is 0.434 e. The SMILES string of the molecule is O=C(O)c1c(F)ccc2c1O[B-](O)(O)[C@H]1C[C@@H]21. The zero-order chi connectivity index (χ0) is 12.4. The lowest BCUT2D eigenvalue weighted by molar-refractivity contribution is 0.0688. The number of rotatable bonds is 1. The maximum Gasteiger partial charge on any atom is 0.434 e. The lowest BCUT2D eigenvalue weighted by Crippen LogP contribution is -2.46. The van der Waals surface area contributed by atoms with Crippen LogP contribution >= 0.6 is 0 Å². The van der Waals surface area contributed by atoms with E-state index in [1.165, 1.54) is 6.07 Å². The second-order valence-electron chi connectivity index (χ2n) is 4.53. The number of benzene rings is 1. The van der Waals surface area contributed by atoms with Crippen LogP contribution in [0.25, 0.3) is 0 Å². The van der Waals surface area contributed by atoms with Crippen LogP contribution in [0.2, 0.25) is 5.82 Å². The summed E-state index contributed by atoms with van der Waals surface area (Å²) < 4.78 is 18.3. The van der Waals surface area contributed by atoms with Gasteiger partial charge in [-0.2, -0.15) is 0 Å². The molecule has 3 N–H and O–H groups in total. The fourth-order valence-electron chi connectivity index (χ4n) is 2.51. The normalized spacial score (nSPS) is 27.7. The third kappa shape index (κ3) is 1.36. The number of fused-ring (bicyclic) bond motifs is 3. The molecule has 0 bridgehead atoms. The van der Waals surface area contributed by atoms with E-state index in [9.17, 15) is 19.2 Å². The van der Waals surface area contributed by atoms with Crippen molar-refractivity contribution in [3.63, 3.8) is 0 Å². The van der Waals surface area contributed by atoms with E-state index in [0.29, 0.717) is 12.0 Å². The van der Waals surface area contributed by atoms with Gasteiger partial charge in [0.05, 0.1) is 5.75 Å². The van der Waals surface area contributed by atoms with Crippen molar-refractivity contribution in [2.75, 3.05) is 0 Å². The first-order valence-electron chi connectivity index (χ1n) is 5.26. The first kappa shape index (κ1) is 10.6. The summed E-state index contributed by atoms with van der Waals surface area (Å²) in [7, 11) is 0. The molecule has 2 aliphatic rings. The molecule has 2 atom stereocenters. The van der Waals surface area contributed by atoms with Gasteiger partial charge in [0.25, 0.3) is 0 Å². The number of carboxylic acids is 1. The van der Waals surface area contributed by atoms with Crippen molar-refractivity contribution in [2.45, 2.75) is 18.2 Å². The molecular weight excluding hydrogens is 230 g/mol. The van der Waals surface area contributed by atoms with Gasteiger partial charge < -0.3 is 19.8 Å². The van der Waals surface area contributed by atoms with Crippen molar-refractivity contribution < 1.29 is 29.0 Å². The molecule has 1 fully saturated rings. The molecule has 0 unspecified atom stereocenters. The van der Waals surface area contributed by atoms with Gasteiger partial charge in [-0.3, -0.25) is 0 Å². The number of carboxylic acid groups (broad SMARTS) is 1. The van der Waals surface area contributed by atoms with Gasteiger partial charge in [-0.05, 0) is 17.5 Å². The highest BCUT2D eigenvalue weighted by Crippen LogP contribution is 2.62. The Labute approximate surface area is 95.5 Å². The summed E-state index contributed by atoms with van der Waals surface area (Å²) in [5.41, 5.74) is -0.100. The Kier molecular flexibility index (Phi) is 1.86. The number of carbonyl (C=O) groups is 1. The maximum atomic E-state index is 13.4. The fraction of sp³-hybridized carbons (Fsp3) is 0.300. The second-order valence-corrected chi connectivity index (χ2v) is 4.53. The third-order valence-electron chi connectivity index (χ3n) is 3.44. The molecular formula is C10H9BFO5-. The van der Waals surface area contributed by atoms with E-state index in [2.05, 4.69) is 0 Å². The molecule has 0 amide bonds. The third-order valence-corrected chi connectivity index (χ3v) is 3.44. The summed E-state index contributed by atoms with van der Waals surface area (Å²) in [6.45, 7) is -3.08. The highest BCUT2D eigenvalue weighted by atomic mass is 19.1. The molecule has 1 aromatic rings. The molecule has 1 saturated carbocycles. The summed E-state index contributed by atoms with van der Waals surface area (Å²) in [6, 6.07) is 2.50. The van der Waals surface area contributed by atoms with Gasteiger partial charge in [-0.15, -0.1) is 0 Å². The van der Waals surface area contributed by atoms with Gasteiger partial charge >= 0.3 is 12.7 Å². The van der Waals surface area contributed by atoms with E-state index in [-0.39, 0.29) is 11.7 Å². The summed E-state index contributed by atoms with van der Waals surface area (Å²) in [5, 5.41) is 28.1. The fourth-order valence-corrected chi connectivity index (χ4v) is 2.51. The van der Waals surface area contributed by atoms with Gasteiger partial charge in [-0.1, -0.05) is 18.3 Å². The van der Waals surface area contributed by atoms with Gasteiger partial charge in [0.1, 0.15) is 11.4 Å². The van der Waals surface area contributed by atoms with Crippen molar-refractivity contribution in [3.05, 3.63) is 29.1 Å². The zero-order valence-electron chi connectivity index (χ0n) is 8.63. The Morgan fingerprint density at radius 3 is 2.82 bits per heavy atom. The molecule has 3 rings (SSSR count). The van der Waals surface area contributed by atoms with E-state index in [4.69, 9.17) is 9.76 Å². The molecule has 0 aromatic heterocycles. The predicted octanol–water partition coefficient (Wildman–Crippen LogP) is 0.697. The molecule has 1 aliphatic heterocycles. The molecule has 0 saturated heterocycles. The van der Waals surface area contributed by atoms with E-state index in [1.54, 1.807) is 0 Å². The lowest BCUT2D eigenvalue weighted by atomic mass is 9.68. The van der Waals surface area contributed by atoms with Crippen LogP contribution in [0.15, 0.2) is 12.1 Å². The van der Waals surface area contributed by atoms with Gasteiger partial charge in [0.2, 0.25) is 0 Å². The molecule has 90 valence electrons. The van der Waals surface area contributed by atoms with E-state index in [0.717, 1.165) is 6.07 Å². The topological polar surface area (TPSA) is 87.0 Å². The Morgan fingerprint density at radius 2 is 2.18 bits per heavy atom. The second kappa shape index (κ2) is 2.99. The number of halogens is 1. The Hall–Kier alpha value is -1.60. The Bertz CT molecular complexity index is 530. The van der Waals surface area contributed by atoms with Crippen molar-refractivity contribution in [1.82, 2.24) is 0 Å². The first-order chi connectivity index (χ1) is 7.92.